The van der Waals surface area contributed by atoms with E-state index in [4.69, 9.17) is 0 Å². The Morgan fingerprint density at radius 2 is 1.81 bits per heavy atom. The van der Waals surface area contributed by atoms with Crippen LogP contribution in [-0.4, -0.2) is 43.6 Å². The average molecular weight is 317 g/mol. The van der Waals surface area contributed by atoms with Crippen molar-refractivity contribution in [2.45, 2.75) is 76.5 Å². The van der Waals surface area contributed by atoms with Gasteiger partial charge in [-0.1, -0.05) is 39.5 Å². The number of rotatable bonds is 6. The zero-order chi connectivity index (χ0) is 15.3. The molecule has 0 spiro atoms. The van der Waals surface area contributed by atoms with Gasteiger partial charge in [0.1, 0.15) is 0 Å². The maximum atomic E-state index is 12.8. The van der Waals surface area contributed by atoms with Crippen LogP contribution in [0.15, 0.2) is 0 Å². The van der Waals surface area contributed by atoms with Crippen molar-refractivity contribution >= 4 is 10.0 Å². The standard InChI is InChI=1S/C16H32N2O2S/c1-3-11-17-16-10-12-18(13-14(16)4-2)21(19,20)15-8-6-5-7-9-15/h14-17H,3-13H2,1-2H3. The number of sulfonamides is 1. The molecule has 4 nitrogen and oxygen atoms in total. The Labute approximate surface area is 130 Å². The first-order valence-corrected chi connectivity index (χ1v) is 10.3. The zero-order valence-electron chi connectivity index (χ0n) is 13.7. The molecule has 1 N–H and O–H groups in total. The van der Waals surface area contributed by atoms with Gasteiger partial charge in [-0.2, -0.15) is 0 Å². The minimum absolute atomic E-state index is 0.107. The summed E-state index contributed by atoms with van der Waals surface area (Å²) >= 11 is 0. The predicted octanol–water partition coefficient (Wildman–Crippen LogP) is 2.75. The van der Waals surface area contributed by atoms with Crippen LogP contribution in [0.4, 0.5) is 0 Å². The third kappa shape index (κ3) is 4.20. The van der Waals surface area contributed by atoms with E-state index in [9.17, 15) is 8.42 Å². The summed E-state index contributed by atoms with van der Waals surface area (Å²) in [6.45, 7) is 6.82. The van der Waals surface area contributed by atoms with Gasteiger partial charge in [0.2, 0.25) is 10.0 Å². The highest BCUT2D eigenvalue weighted by Gasteiger charge is 2.38. The molecular weight excluding hydrogens is 284 g/mol. The van der Waals surface area contributed by atoms with Crippen LogP contribution in [0.1, 0.15) is 65.2 Å². The molecule has 1 saturated carbocycles. The topological polar surface area (TPSA) is 49.4 Å². The van der Waals surface area contributed by atoms with E-state index in [1.807, 2.05) is 0 Å². The first-order chi connectivity index (χ1) is 10.1. The van der Waals surface area contributed by atoms with Crippen molar-refractivity contribution in [2.75, 3.05) is 19.6 Å². The second kappa shape index (κ2) is 7.93. The van der Waals surface area contributed by atoms with E-state index in [0.717, 1.165) is 58.0 Å². The van der Waals surface area contributed by atoms with E-state index in [0.29, 0.717) is 18.5 Å². The van der Waals surface area contributed by atoms with Gasteiger partial charge in [0.15, 0.2) is 0 Å². The summed E-state index contributed by atoms with van der Waals surface area (Å²) < 4.78 is 27.5. The first-order valence-electron chi connectivity index (χ1n) is 8.82. The lowest BCUT2D eigenvalue weighted by Gasteiger charge is -2.40. The molecule has 2 fully saturated rings. The minimum atomic E-state index is -3.07. The van der Waals surface area contributed by atoms with Crippen LogP contribution in [-0.2, 0) is 10.0 Å². The van der Waals surface area contributed by atoms with Crippen LogP contribution in [0.3, 0.4) is 0 Å². The average Bonchev–Trinajstić information content (AvgIpc) is 2.53. The molecule has 21 heavy (non-hydrogen) atoms. The Kier molecular flexibility index (Phi) is 6.51. The van der Waals surface area contributed by atoms with Crippen LogP contribution >= 0.6 is 0 Å². The molecule has 0 aromatic carbocycles. The Hall–Kier alpha value is -0.130. The summed E-state index contributed by atoms with van der Waals surface area (Å²) in [5, 5.41) is 3.49. The normalized spacial score (nSPS) is 29.6. The van der Waals surface area contributed by atoms with Gasteiger partial charge in [-0.25, -0.2) is 12.7 Å². The van der Waals surface area contributed by atoms with Crippen molar-refractivity contribution in [2.24, 2.45) is 5.92 Å². The highest BCUT2D eigenvalue weighted by atomic mass is 32.2. The van der Waals surface area contributed by atoms with Crippen LogP contribution < -0.4 is 5.32 Å². The Bertz CT molecular complexity index is 405. The van der Waals surface area contributed by atoms with Crippen molar-refractivity contribution in [3.8, 4) is 0 Å². The molecule has 0 aromatic rings. The van der Waals surface area contributed by atoms with E-state index in [1.54, 1.807) is 4.31 Å². The molecule has 2 unspecified atom stereocenters. The van der Waals surface area contributed by atoms with Crippen LogP contribution in [0.25, 0.3) is 0 Å². The van der Waals surface area contributed by atoms with Gasteiger partial charge in [0.05, 0.1) is 5.25 Å². The first kappa shape index (κ1) is 17.2. The van der Waals surface area contributed by atoms with Gasteiger partial charge >= 0.3 is 0 Å². The molecule has 1 saturated heterocycles. The van der Waals surface area contributed by atoms with Gasteiger partial charge in [0, 0.05) is 19.1 Å². The second-order valence-electron chi connectivity index (χ2n) is 6.68. The molecular formula is C16H32N2O2S. The zero-order valence-corrected chi connectivity index (χ0v) is 14.5. The van der Waals surface area contributed by atoms with E-state index in [-0.39, 0.29) is 5.25 Å². The van der Waals surface area contributed by atoms with Gasteiger partial charge in [-0.3, -0.25) is 0 Å². The predicted molar refractivity (Wildman–Crippen MR) is 87.8 cm³/mol. The molecule has 1 heterocycles. The Morgan fingerprint density at radius 1 is 1.10 bits per heavy atom. The summed E-state index contributed by atoms with van der Waals surface area (Å²) in [6.07, 6.45) is 8.25. The lowest BCUT2D eigenvalue weighted by atomic mass is 9.91. The van der Waals surface area contributed by atoms with Gasteiger partial charge in [0.25, 0.3) is 0 Å². The second-order valence-corrected chi connectivity index (χ2v) is 8.89. The number of nitrogens with zero attached hydrogens (tertiary/aromatic N) is 1. The summed E-state index contributed by atoms with van der Waals surface area (Å²) in [5.41, 5.74) is 0. The molecule has 2 rings (SSSR count). The molecule has 124 valence electrons. The number of nitrogens with one attached hydrogen (secondary N) is 1. The van der Waals surface area contributed by atoms with Crippen molar-refractivity contribution in [1.29, 1.82) is 0 Å². The summed E-state index contributed by atoms with van der Waals surface area (Å²) in [7, 11) is -3.07. The minimum Gasteiger partial charge on any atom is -0.314 e. The molecule has 0 aromatic heterocycles. The lowest BCUT2D eigenvalue weighted by molar-refractivity contribution is 0.200. The quantitative estimate of drug-likeness (QED) is 0.820. The van der Waals surface area contributed by atoms with Crippen molar-refractivity contribution < 1.29 is 8.42 Å². The molecule has 5 heteroatoms. The molecule has 1 aliphatic heterocycles. The van der Waals surface area contributed by atoms with E-state index >= 15 is 0 Å². The Morgan fingerprint density at radius 3 is 2.43 bits per heavy atom. The molecule has 2 atom stereocenters. The van der Waals surface area contributed by atoms with Crippen molar-refractivity contribution in [3.05, 3.63) is 0 Å². The molecule has 0 radical (unpaired) electrons. The van der Waals surface area contributed by atoms with E-state index in [2.05, 4.69) is 19.2 Å². The Balaban J connectivity index is 1.98. The largest absolute Gasteiger partial charge is 0.314 e. The van der Waals surface area contributed by atoms with Crippen LogP contribution in [0, 0.1) is 5.92 Å². The van der Waals surface area contributed by atoms with E-state index < -0.39 is 10.0 Å². The highest BCUT2D eigenvalue weighted by Crippen LogP contribution is 2.30. The summed E-state index contributed by atoms with van der Waals surface area (Å²) in [4.78, 5) is 0. The van der Waals surface area contributed by atoms with Crippen LogP contribution in [0.5, 0.6) is 0 Å². The number of hydrogen-bond donors (Lipinski definition) is 1. The maximum absolute atomic E-state index is 12.8. The molecule has 1 aliphatic carbocycles. The van der Waals surface area contributed by atoms with E-state index in [1.165, 1.54) is 6.42 Å². The number of hydrogen-bond acceptors (Lipinski definition) is 3. The van der Waals surface area contributed by atoms with Gasteiger partial charge in [-0.05, 0) is 38.1 Å². The SMILES string of the molecule is CCCNC1CCN(S(=O)(=O)C2CCCCC2)CC1CC. The van der Waals surface area contributed by atoms with Crippen molar-refractivity contribution in [1.82, 2.24) is 9.62 Å². The molecule has 0 bridgehead atoms. The third-order valence-corrected chi connectivity index (χ3v) is 7.58. The van der Waals surface area contributed by atoms with Crippen molar-refractivity contribution in [3.63, 3.8) is 0 Å². The smallest absolute Gasteiger partial charge is 0.216 e. The lowest BCUT2D eigenvalue weighted by Crippen LogP contribution is -2.53. The number of piperidine rings is 1. The summed E-state index contributed by atoms with van der Waals surface area (Å²) in [5.74, 6) is 0.462. The third-order valence-electron chi connectivity index (χ3n) is 5.21. The maximum Gasteiger partial charge on any atom is 0.216 e. The fourth-order valence-electron chi connectivity index (χ4n) is 3.82. The highest BCUT2D eigenvalue weighted by molar-refractivity contribution is 7.89. The monoisotopic (exact) mass is 316 g/mol. The summed E-state index contributed by atoms with van der Waals surface area (Å²) in [6, 6.07) is 0.493. The molecule has 2 aliphatic rings. The van der Waals surface area contributed by atoms with Crippen LogP contribution in [0.2, 0.25) is 0 Å². The molecule has 0 amide bonds. The fraction of sp³-hybridized carbons (Fsp3) is 1.00. The fourth-order valence-corrected chi connectivity index (χ4v) is 5.93. The van der Waals surface area contributed by atoms with Gasteiger partial charge < -0.3 is 5.32 Å². The van der Waals surface area contributed by atoms with Gasteiger partial charge in [-0.15, -0.1) is 0 Å².